The molecule has 0 amide bonds. The molecule has 2 heterocycles. The van der Waals surface area contributed by atoms with Crippen molar-refractivity contribution in [3.8, 4) is 0 Å². The first-order chi connectivity index (χ1) is 8.29. The summed E-state index contributed by atoms with van der Waals surface area (Å²) in [5.41, 5.74) is 1.09. The highest BCUT2D eigenvalue weighted by Crippen LogP contribution is 2.21. The molecule has 0 fully saturated rings. The van der Waals surface area contributed by atoms with Gasteiger partial charge in [-0.1, -0.05) is 6.92 Å². The molecule has 0 saturated heterocycles. The molecule has 0 aromatic carbocycles. The van der Waals surface area contributed by atoms with Gasteiger partial charge in [0.15, 0.2) is 10.3 Å². The van der Waals surface area contributed by atoms with E-state index in [4.69, 9.17) is 0 Å². The van der Waals surface area contributed by atoms with Gasteiger partial charge in [0.1, 0.15) is 0 Å². The highest BCUT2D eigenvalue weighted by Gasteiger charge is 2.04. The molecule has 2 aromatic rings. The predicted molar refractivity (Wildman–Crippen MR) is 66.7 cm³/mol. The first-order valence-corrected chi connectivity index (χ1v) is 6.28. The van der Waals surface area contributed by atoms with Crippen LogP contribution in [0, 0.1) is 0 Å². The molecule has 0 aliphatic rings. The van der Waals surface area contributed by atoms with Crippen molar-refractivity contribution >= 4 is 11.8 Å². The van der Waals surface area contributed by atoms with Gasteiger partial charge in [0.2, 0.25) is 0 Å². The Morgan fingerprint density at radius 2 is 2.06 bits per heavy atom. The van der Waals surface area contributed by atoms with Gasteiger partial charge in [-0.15, -0.1) is 0 Å². The summed E-state index contributed by atoms with van der Waals surface area (Å²) >= 11 is 1.46. The van der Waals surface area contributed by atoms with Gasteiger partial charge < -0.3 is 9.88 Å². The third-order valence-electron chi connectivity index (χ3n) is 2.22. The zero-order chi connectivity index (χ0) is 12.1. The molecule has 5 nitrogen and oxygen atoms in total. The number of hydrogen-bond acceptors (Lipinski definition) is 5. The first kappa shape index (κ1) is 12.1. The van der Waals surface area contributed by atoms with Crippen molar-refractivity contribution in [2.45, 2.75) is 23.8 Å². The van der Waals surface area contributed by atoms with Crippen LogP contribution < -0.4 is 5.32 Å². The van der Waals surface area contributed by atoms with Gasteiger partial charge in [-0.25, -0.2) is 15.0 Å². The van der Waals surface area contributed by atoms with Crippen molar-refractivity contribution < 1.29 is 0 Å². The van der Waals surface area contributed by atoms with Crippen LogP contribution in [0.5, 0.6) is 0 Å². The Labute approximate surface area is 105 Å². The number of aromatic nitrogens is 4. The maximum atomic E-state index is 4.31. The Balaban J connectivity index is 2.01. The van der Waals surface area contributed by atoms with Gasteiger partial charge in [-0.3, -0.25) is 0 Å². The summed E-state index contributed by atoms with van der Waals surface area (Å²) < 4.78 is 1.95. The number of nitrogens with one attached hydrogen (secondary N) is 1. The second-order valence-electron chi connectivity index (χ2n) is 3.58. The first-order valence-electron chi connectivity index (χ1n) is 5.46. The van der Waals surface area contributed by atoms with Gasteiger partial charge in [0.05, 0.1) is 0 Å². The zero-order valence-electron chi connectivity index (χ0n) is 9.92. The summed E-state index contributed by atoms with van der Waals surface area (Å²) in [7, 11) is 1.95. The van der Waals surface area contributed by atoms with Crippen LogP contribution in [0.4, 0.5) is 0 Å². The van der Waals surface area contributed by atoms with Crippen LogP contribution in [0.15, 0.2) is 35.1 Å². The lowest BCUT2D eigenvalue weighted by Crippen LogP contribution is -2.12. The second-order valence-corrected chi connectivity index (χ2v) is 4.51. The average Bonchev–Trinajstić information content (AvgIpc) is 2.74. The number of imidazole rings is 1. The summed E-state index contributed by atoms with van der Waals surface area (Å²) in [5.74, 6) is 0. The fourth-order valence-corrected chi connectivity index (χ4v) is 1.98. The topological polar surface area (TPSA) is 55.6 Å². The molecule has 2 rings (SSSR count). The molecule has 0 atom stereocenters. The lowest BCUT2D eigenvalue weighted by Gasteiger charge is -2.02. The van der Waals surface area contributed by atoms with Gasteiger partial charge >= 0.3 is 0 Å². The normalized spacial score (nSPS) is 10.7. The molecule has 2 aromatic heterocycles. The molecule has 0 saturated carbocycles. The van der Waals surface area contributed by atoms with E-state index >= 15 is 0 Å². The monoisotopic (exact) mass is 249 g/mol. The number of rotatable bonds is 5. The Morgan fingerprint density at radius 3 is 2.65 bits per heavy atom. The van der Waals surface area contributed by atoms with E-state index in [0.717, 1.165) is 29.0 Å². The van der Waals surface area contributed by atoms with Crippen LogP contribution in [0.1, 0.15) is 12.5 Å². The van der Waals surface area contributed by atoms with Crippen molar-refractivity contribution in [3.63, 3.8) is 0 Å². The molecule has 1 N–H and O–H groups in total. The van der Waals surface area contributed by atoms with E-state index in [1.54, 1.807) is 6.20 Å². The van der Waals surface area contributed by atoms with Crippen molar-refractivity contribution in [1.82, 2.24) is 24.8 Å². The molecular formula is C11H15N5S. The number of aryl methyl sites for hydroxylation is 1. The predicted octanol–water partition coefficient (Wildman–Crippen LogP) is 1.47. The SMILES string of the molecule is CCNCc1cnc(Sc2nccn2C)nc1. The van der Waals surface area contributed by atoms with Crippen molar-refractivity contribution in [2.24, 2.45) is 7.05 Å². The third kappa shape index (κ3) is 3.28. The Kier molecular flexibility index (Phi) is 4.11. The quantitative estimate of drug-likeness (QED) is 0.813. The van der Waals surface area contributed by atoms with E-state index in [1.807, 2.05) is 30.2 Å². The molecule has 0 bridgehead atoms. The van der Waals surface area contributed by atoms with Crippen LogP contribution in [0.25, 0.3) is 0 Å². The van der Waals surface area contributed by atoms with Crippen molar-refractivity contribution in [1.29, 1.82) is 0 Å². The summed E-state index contributed by atoms with van der Waals surface area (Å²) in [5, 5.41) is 4.85. The van der Waals surface area contributed by atoms with E-state index in [9.17, 15) is 0 Å². The summed E-state index contributed by atoms with van der Waals surface area (Å²) in [4.78, 5) is 12.8. The molecule has 0 aliphatic carbocycles. The Morgan fingerprint density at radius 1 is 1.29 bits per heavy atom. The van der Waals surface area contributed by atoms with Gasteiger partial charge in [0, 0.05) is 43.9 Å². The van der Waals surface area contributed by atoms with Gasteiger partial charge in [0.25, 0.3) is 0 Å². The highest BCUT2D eigenvalue weighted by atomic mass is 32.2. The highest BCUT2D eigenvalue weighted by molar-refractivity contribution is 7.99. The lowest BCUT2D eigenvalue weighted by molar-refractivity contribution is 0.715. The fourth-order valence-electron chi connectivity index (χ4n) is 1.29. The lowest BCUT2D eigenvalue weighted by atomic mass is 10.3. The number of nitrogens with zero attached hydrogens (tertiary/aromatic N) is 4. The molecule has 0 radical (unpaired) electrons. The average molecular weight is 249 g/mol. The van der Waals surface area contributed by atoms with Crippen LogP contribution in [-0.4, -0.2) is 26.1 Å². The molecule has 6 heteroatoms. The molecule has 90 valence electrons. The standard InChI is InChI=1S/C11H15N5S/c1-3-12-6-9-7-14-10(15-8-9)17-11-13-4-5-16(11)2/h4-5,7-8,12H,3,6H2,1-2H3. The summed E-state index contributed by atoms with van der Waals surface area (Å²) in [6.45, 7) is 3.83. The maximum Gasteiger partial charge on any atom is 0.195 e. The Hall–Kier alpha value is -1.40. The van der Waals surface area contributed by atoms with Crippen molar-refractivity contribution in [2.75, 3.05) is 6.54 Å². The molecule has 0 spiro atoms. The van der Waals surface area contributed by atoms with Crippen LogP contribution in [-0.2, 0) is 13.6 Å². The van der Waals surface area contributed by atoms with Gasteiger partial charge in [-0.05, 0) is 18.3 Å². The summed E-state index contributed by atoms with van der Waals surface area (Å²) in [6, 6.07) is 0. The van der Waals surface area contributed by atoms with E-state index in [1.165, 1.54) is 11.8 Å². The van der Waals surface area contributed by atoms with Crippen LogP contribution in [0.2, 0.25) is 0 Å². The molecule has 17 heavy (non-hydrogen) atoms. The van der Waals surface area contributed by atoms with Gasteiger partial charge in [-0.2, -0.15) is 0 Å². The fraction of sp³-hybridized carbons (Fsp3) is 0.364. The maximum absolute atomic E-state index is 4.31. The third-order valence-corrected chi connectivity index (χ3v) is 3.19. The second kappa shape index (κ2) is 5.79. The largest absolute Gasteiger partial charge is 0.329 e. The van der Waals surface area contributed by atoms with Crippen molar-refractivity contribution in [3.05, 3.63) is 30.4 Å². The van der Waals surface area contributed by atoms with E-state index in [2.05, 4.69) is 27.2 Å². The molecular weight excluding hydrogens is 234 g/mol. The van der Waals surface area contributed by atoms with Crippen LogP contribution in [0.3, 0.4) is 0 Å². The van der Waals surface area contributed by atoms with E-state index in [0.29, 0.717) is 0 Å². The van der Waals surface area contributed by atoms with E-state index < -0.39 is 0 Å². The minimum Gasteiger partial charge on any atom is -0.329 e. The molecule has 0 aliphatic heterocycles. The van der Waals surface area contributed by atoms with E-state index in [-0.39, 0.29) is 0 Å². The zero-order valence-corrected chi connectivity index (χ0v) is 10.7. The molecule has 0 unspecified atom stereocenters. The minimum atomic E-state index is 0.722. The number of hydrogen-bond donors (Lipinski definition) is 1. The van der Waals surface area contributed by atoms with Crippen LogP contribution >= 0.6 is 11.8 Å². The summed E-state index contributed by atoms with van der Waals surface area (Å²) in [6.07, 6.45) is 7.37. The smallest absolute Gasteiger partial charge is 0.195 e. The Bertz CT molecular complexity index is 465. The minimum absolute atomic E-state index is 0.722.